The van der Waals surface area contributed by atoms with Gasteiger partial charge in [0.1, 0.15) is 5.58 Å². The topological polar surface area (TPSA) is 88.8 Å². The Hall–Kier alpha value is -2.34. The number of carboxylic acids is 1. The summed E-state index contributed by atoms with van der Waals surface area (Å²) >= 11 is 0. The zero-order chi connectivity index (χ0) is 18.2. The number of carboxylic acid groups (broad SMARTS) is 1. The van der Waals surface area contributed by atoms with E-state index in [-0.39, 0.29) is 18.1 Å². The summed E-state index contributed by atoms with van der Waals surface area (Å²) in [5.41, 5.74) is 2.71. The molecule has 2 N–H and O–H groups in total. The summed E-state index contributed by atoms with van der Waals surface area (Å²) in [7, 11) is 0. The Bertz CT molecular complexity index is 830. The smallest absolute Gasteiger partial charge is 0.305 e. The molecule has 1 aliphatic heterocycles. The number of benzene rings is 1. The molecule has 6 heteroatoms. The van der Waals surface area contributed by atoms with Crippen LogP contribution in [0.5, 0.6) is 0 Å². The second kappa shape index (κ2) is 6.52. The maximum absolute atomic E-state index is 12.9. The van der Waals surface area contributed by atoms with E-state index in [1.165, 1.54) is 0 Å². The molecule has 0 spiro atoms. The number of carbonyl (C=O) groups is 2. The van der Waals surface area contributed by atoms with Gasteiger partial charge in [0.25, 0.3) is 5.91 Å². The number of hydrogen-bond donors (Lipinski definition) is 2. The van der Waals surface area contributed by atoms with Crippen LogP contribution < -0.4 is 5.32 Å². The standard InChI is InChI=1S/C19H23NO5/c1-11-4-5-12(2)16-15(11)13(3)17(25-16)18(23)20-19(10-14(21)22)6-8-24-9-7-19/h4-5H,6-10H2,1-3H3,(H,20,23)(H,21,22). The van der Waals surface area contributed by atoms with Crippen molar-refractivity contribution in [3.8, 4) is 0 Å². The molecule has 0 saturated carbocycles. The van der Waals surface area contributed by atoms with E-state index in [2.05, 4.69) is 5.32 Å². The molecular formula is C19H23NO5. The molecule has 25 heavy (non-hydrogen) atoms. The number of aryl methyl sites for hydroxylation is 3. The number of rotatable bonds is 4. The van der Waals surface area contributed by atoms with Crippen LogP contribution in [0.2, 0.25) is 0 Å². The third kappa shape index (κ3) is 3.26. The summed E-state index contributed by atoms with van der Waals surface area (Å²) in [5, 5.41) is 13.1. The lowest BCUT2D eigenvalue weighted by molar-refractivity contribution is -0.139. The quantitative estimate of drug-likeness (QED) is 0.889. The third-order valence-corrected chi connectivity index (χ3v) is 5.01. The van der Waals surface area contributed by atoms with Crippen molar-refractivity contribution in [2.24, 2.45) is 0 Å². The molecule has 0 bridgehead atoms. The lowest BCUT2D eigenvalue weighted by atomic mass is 9.86. The largest absolute Gasteiger partial charge is 0.481 e. The van der Waals surface area contributed by atoms with Gasteiger partial charge in [0.15, 0.2) is 5.76 Å². The lowest BCUT2D eigenvalue weighted by Crippen LogP contribution is -2.53. The molecule has 1 aromatic heterocycles. The second-order valence-electron chi connectivity index (χ2n) is 6.88. The van der Waals surface area contributed by atoms with E-state index in [4.69, 9.17) is 9.15 Å². The predicted molar refractivity (Wildman–Crippen MR) is 92.9 cm³/mol. The molecule has 0 radical (unpaired) electrons. The Morgan fingerprint density at radius 2 is 1.80 bits per heavy atom. The van der Waals surface area contributed by atoms with E-state index in [0.29, 0.717) is 31.6 Å². The fourth-order valence-corrected chi connectivity index (χ4v) is 3.59. The molecule has 0 aliphatic carbocycles. The Kier molecular flexibility index (Phi) is 4.56. The van der Waals surface area contributed by atoms with Crippen LogP contribution in [0.25, 0.3) is 11.0 Å². The van der Waals surface area contributed by atoms with Crippen molar-refractivity contribution in [1.29, 1.82) is 0 Å². The Morgan fingerprint density at radius 1 is 1.16 bits per heavy atom. The molecule has 1 aromatic carbocycles. The first kappa shape index (κ1) is 17.5. The van der Waals surface area contributed by atoms with Gasteiger partial charge in [-0.3, -0.25) is 9.59 Å². The lowest BCUT2D eigenvalue weighted by Gasteiger charge is -2.36. The fraction of sp³-hybridized carbons (Fsp3) is 0.474. The average molecular weight is 345 g/mol. The highest BCUT2D eigenvalue weighted by Crippen LogP contribution is 2.32. The highest BCUT2D eigenvalue weighted by molar-refractivity contribution is 6.01. The van der Waals surface area contributed by atoms with Crippen molar-refractivity contribution in [1.82, 2.24) is 5.32 Å². The zero-order valence-corrected chi connectivity index (χ0v) is 14.8. The van der Waals surface area contributed by atoms with Crippen LogP contribution in [0.1, 0.15) is 46.5 Å². The van der Waals surface area contributed by atoms with Crippen LogP contribution in [0.15, 0.2) is 16.5 Å². The van der Waals surface area contributed by atoms with Crippen molar-refractivity contribution < 1.29 is 23.8 Å². The van der Waals surface area contributed by atoms with E-state index in [9.17, 15) is 14.7 Å². The summed E-state index contributed by atoms with van der Waals surface area (Å²) in [6.07, 6.45) is 0.824. The monoisotopic (exact) mass is 345 g/mol. The maximum atomic E-state index is 12.9. The summed E-state index contributed by atoms with van der Waals surface area (Å²) in [6, 6.07) is 3.97. The minimum atomic E-state index is -0.935. The van der Waals surface area contributed by atoms with Gasteiger partial charge in [-0.05, 0) is 44.7 Å². The average Bonchev–Trinajstić information content (AvgIpc) is 2.90. The molecule has 2 aromatic rings. The van der Waals surface area contributed by atoms with Crippen LogP contribution in [-0.4, -0.2) is 35.7 Å². The molecular weight excluding hydrogens is 322 g/mol. The first-order valence-corrected chi connectivity index (χ1v) is 8.44. The van der Waals surface area contributed by atoms with Crippen LogP contribution in [-0.2, 0) is 9.53 Å². The minimum Gasteiger partial charge on any atom is -0.481 e. The van der Waals surface area contributed by atoms with Gasteiger partial charge in [-0.15, -0.1) is 0 Å². The van der Waals surface area contributed by atoms with Crippen LogP contribution in [0.4, 0.5) is 0 Å². The Morgan fingerprint density at radius 3 is 2.40 bits per heavy atom. The molecule has 1 aliphatic rings. The number of aliphatic carboxylic acids is 1. The molecule has 0 atom stereocenters. The Labute approximate surface area is 146 Å². The van der Waals surface area contributed by atoms with Crippen LogP contribution in [0, 0.1) is 20.8 Å². The first-order chi connectivity index (χ1) is 11.8. The van der Waals surface area contributed by atoms with Gasteiger partial charge in [0.2, 0.25) is 0 Å². The number of fused-ring (bicyclic) bond motifs is 1. The molecule has 134 valence electrons. The number of hydrogen-bond acceptors (Lipinski definition) is 4. The van der Waals surface area contributed by atoms with Gasteiger partial charge in [-0.1, -0.05) is 12.1 Å². The zero-order valence-electron chi connectivity index (χ0n) is 14.8. The number of furan rings is 1. The van der Waals surface area contributed by atoms with E-state index in [0.717, 1.165) is 22.1 Å². The van der Waals surface area contributed by atoms with Crippen molar-refractivity contribution in [3.63, 3.8) is 0 Å². The molecule has 6 nitrogen and oxygen atoms in total. The van der Waals surface area contributed by atoms with Gasteiger partial charge < -0.3 is 19.6 Å². The number of carbonyl (C=O) groups excluding carboxylic acids is 1. The van der Waals surface area contributed by atoms with Crippen molar-refractivity contribution in [2.75, 3.05) is 13.2 Å². The van der Waals surface area contributed by atoms with Gasteiger partial charge >= 0.3 is 5.97 Å². The van der Waals surface area contributed by atoms with E-state index in [1.54, 1.807) is 0 Å². The second-order valence-corrected chi connectivity index (χ2v) is 6.88. The van der Waals surface area contributed by atoms with E-state index >= 15 is 0 Å². The van der Waals surface area contributed by atoms with E-state index < -0.39 is 11.5 Å². The normalized spacial score (nSPS) is 16.8. The van der Waals surface area contributed by atoms with Gasteiger partial charge in [0.05, 0.1) is 12.0 Å². The first-order valence-electron chi connectivity index (χ1n) is 8.44. The van der Waals surface area contributed by atoms with Crippen LogP contribution >= 0.6 is 0 Å². The Balaban J connectivity index is 1.96. The highest BCUT2D eigenvalue weighted by Gasteiger charge is 2.37. The summed E-state index contributed by atoms with van der Waals surface area (Å²) in [5.74, 6) is -1.05. The summed E-state index contributed by atoms with van der Waals surface area (Å²) < 4.78 is 11.2. The number of ether oxygens (including phenoxy) is 1. The number of amides is 1. The van der Waals surface area contributed by atoms with Crippen molar-refractivity contribution >= 4 is 22.8 Å². The van der Waals surface area contributed by atoms with Crippen molar-refractivity contribution in [3.05, 3.63) is 34.6 Å². The van der Waals surface area contributed by atoms with Crippen LogP contribution in [0.3, 0.4) is 0 Å². The minimum absolute atomic E-state index is 0.126. The summed E-state index contributed by atoms with van der Waals surface area (Å²) in [4.78, 5) is 24.1. The van der Waals surface area contributed by atoms with Gasteiger partial charge in [0, 0.05) is 24.2 Å². The fourth-order valence-electron chi connectivity index (χ4n) is 3.59. The molecule has 3 rings (SSSR count). The molecule has 1 amide bonds. The molecule has 1 fully saturated rings. The molecule has 0 unspecified atom stereocenters. The molecule has 2 heterocycles. The van der Waals surface area contributed by atoms with Crippen molar-refractivity contribution in [2.45, 2.75) is 45.6 Å². The van der Waals surface area contributed by atoms with E-state index in [1.807, 2.05) is 32.9 Å². The summed E-state index contributed by atoms with van der Waals surface area (Å²) in [6.45, 7) is 6.66. The SMILES string of the molecule is Cc1ccc(C)c2c(C)c(C(=O)NC3(CC(=O)O)CCOCC3)oc12. The highest BCUT2D eigenvalue weighted by atomic mass is 16.5. The van der Waals surface area contributed by atoms with Gasteiger partial charge in [-0.25, -0.2) is 0 Å². The number of nitrogens with one attached hydrogen (secondary N) is 1. The third-order valence-electron chi connectivity index (χ3n) is 5.01. The maximum Gasteiger partial charge on any atom is 0.305 e. The molecule has 1 saturated heterocycles. The van der Waals surface area contributed by atoms with Gasteiger partial charge in [-0.2, -0.15) is 0 Å². The predicted octanol–water partition coefficient (Wildman–Crippen LogP) is 3.11.